The Morgan fingerprint density at radius 1 is 1.11 bits per heavy atom. The number of nitro groups is 1. The molecule has 10 heteroatoms. The van der Waals surface area contributed by atoms with Gasteiger partial charge in [0.25, 0.3) is 5.69 Å². The number of nitro benzene ring substituents is 1. The Morgan fingerprint density at radius 3 is 2.46 bits per heavy atom. The molecule has 1 saturated heterocycles. The zero-order chi connectivity index (χ0) is 25.1. The van der Waals surface area contributed by atoms with Gasteiger partial charge in [0.1, 0.15) is 0 Å². The molecule has 0 N–H and O–H groups in total. The van der Waals surface area contributed by atoms with Crippen molar-refractivity contribution >= 4 is 34.6 Å². The fraction of sp³-hybridized carbons (Fsp3) is 0.360. The molecule has 1 unspecified atom stereocenters. The topological polar surface area (TPSA) is 111 Å². The van der Waals surface area contributed by atoms with Gasteiger partial charge in [0, 0.05) is 50.2 Å². The first kappa shape index (κ1) is 24.2. The molecule has 184 valence electrons. The number of ether oxygens (including phenoxy) is 2. The van der Waals surface area contributed by atoms with Gasteiger partial charge < -0.3 is 19.2 Å². The third kappa shape index (κ3) is 4.83. The number of carbonyl (C=O) groups excluding carboxylic acids is 2. The third-order valence-electron chi connectivity index (χ3n) is 6.01. The molecule has 1 fully saturated rings. The summed E-state index contributed by atoms with van der Waals surface area (Å²) in [5.74, 6) is -1.68. The average Bonchev–Trinajstić information content (AvgIpc) is 2.84. The predicted molar refractivity (Wildman–Crippen MR) is 129 cm³/mol. The quantitative estimate of drug-likeness (QED) is 0.341. The maximum absolute atomic E-state index is 12.2. The number of para-hydroxylation sites is 1. The minimum Gasteiger partial charge on any atom is -0.406 e. The molecule has 1 atom stereocenters. The molecule has 0 bridgehead atoms. The third-order valence-corrected chi connectivity index (χ3v) is 6.01. The number of rotatable bonds is 6. The van der Waals surface area contributed by atoms with Crippen LogP contribution in [0.3, 0.4) is 0 Å². The normalized spacial score (nSPS) is 17.6. The fourth-order valence-corrected chi connectivity index (χ4v) is 4.59. The predicted octanol–water partition coefficient (Wildman–Crippen LogP) is 4.16. The van der Waals surface area contributed by atoms with E-state index in [0.717, 1.165) is 16.3 Å². The van der Waals surface area contributed by atoms with E-state index >= 15 is 0 Å². The molecule has 35 heavy (non-hydrogen) atoms. The van der Waals surface area contributed by atoms with Crippen LogP contribution in [-0.2, 0) is 23.9 Å². The van der Waals surface area contributed by atoms with Gasteiger partial charge in [0.2, 0.25) is 5.88 Å². The van der Waals surface area contributed by atoms with Crippen molar-refractivity contribution in [1.82, 2.24) is 0 Å². The van der Waals surface area contributed by atoms with Crippen molar-refractivity contribution in [2.45, 2.75) is 33.1 Å². The molecule has 0 amide bonds. The van der Waals surface area contributed by atoms with Gasteiger partial charge in [-0.05, 0) is 30.2 Å². The first-order valence-electron chi connectivity index (χ1n) is 11.4. The maximum atomic E-state index is 12.2. The molecule has 2 aromatic carbocycles. The zero-order valence-corrected chi connectivity index (χ0v) is 19.9. The number of carbonyl (C=O) groups is 2. The molecule has 2 aromatic rings. The zero-order valence-electron chi connectivity index (χ0n) is 19.9. The Hall–Kier alpha value is -3.92. The van der Waals surface area contributed by atoms with Crippen LogP contribution in [-0.4, -0.2) is 43.2 Å². The summed E-state index contributed by atoms with van der Waals surface area (Å²) in [5, 5.41) is 13.3. The fourth-order valence-electron chi connectivity index (χ4n) is 4.59. The number of hydrogen-bond donors (Lipinski definition) is 0. The number of anilines is 2. The average molecular weight is 482 g/mol. The van der Waals surface area contributed by atoms with E-state index in [2.05, 4.69) is 4.90 Å². The molecule has 4 rings (SSSR count). The van der Waals surface area contributed by atoms with Gasteiger partial charge in [0.15, 0.2) is 0 Å². The standard InChI is InChI=1S/C25H27N3O7/c1-4-19-20-7-5-6-8-22(20)27(35-17(3)30)25(34-16(2)29)24(19)21-15-18(9-10-23(21)28(31)32)26-11-13-33-14-12-26/h5-10,15,19H,4,11-14H2,1-3H3. The second-order valence-electron chi connectivity index (χ2n) is 8.27. The highest BCUT2D eigenvalue weighted by Gasteiger charge is 2.39. The van der Waals surface area contributed by atoms with Crippen LogP contribution in [0.1, 0.15) is 44.2 Å². The van der Waals surface area contributed by atoms with Crippen LogP contribution >= 0.6 is 0 Å². The summed E-state index contributed by atoms with van der Waals surface area (Å²) in [5.41, 5.74) is 2.69. The summed E-state index contributed by atoms with van der Waals surface area (Å²) in [6.45, 7) is 6.82. The Kier molecular flexibility index (Phi) is 7.02. The summed E-state index contributed by atoms with van der Waals surface area (Å²) in [6.07, 6.45) is 0.559. The van der Waals surface area contributed by atoms with Crippen molar-refractivity contribution in [3.63, 3.8) is 0 Å². The molecule has 0 aliphatic carbocycles. The van der Waals surface area contributed by atoms with E-state index < -0.39 is 16.9 Å². The van der Waals surface area contributed by atoms with Crippen molar-refractivity contribution in [3.05, 3.63) is 69.6 Å². The van der Waals surface area contributed by atoms with Crippen molar-refractivity contribution in [2.75, 3.05) is 36.3 Å². The monoisotopic (exact) mass is 481 g/mol. The summed E-state index contributed by atoms with van der Waals surface area (Å²) < 4.78 is 11.1. The van der Waals surface area contributed by atoms with E-state index in [-0.39, 0.29) is 17.5 Å². The van der Waals surface area contributed by atoms with Crippen molar-refractivity contribution in [2.24, 2.45) is 0 Å². The van der Waals surface area contributed by atoms with E-state index in [1.807, 2.05) is 19.1 Å². The van der Waals surface area contributed by atoms with Crippen LogP contribution in [0, 0.1) is 10.1 Å². The first-order valence-corrected chi connectivity index (χ1v) is 11.4. The van der Waals surface area contributed by atoms with E-state index in [9.17, 15) is 19.7 Å². The number of allylic oxidation sites excluding steroid dienone is 1. The molecule has 2 heterocycles. The summed E-state index contributed by atoms with van der Waals surface area (Å²) >= 11 is 0. The van der Waals surface area contributed by atoms with Crippen LogP contribution in [0.15, 0.2) is 48.3 Å². The number of nitrogens with zero attached hydrogens (tertiary/aromatic N) is 3. The molecule has 0 radical (unpaired) electrons. The van der Waals surface area contributed by atoms with Gasteiger partial charge in [-0.1, -0.05) is 25.1 Å². The Bertz CT molecular complexity index is 1190. The highest BCUT2D eigenvalue weighted by Crippen LogP contribution is 2.50. The summed E-state index contributed by atoms with van der Waals surface area (Å²) in [7, 11) is 0. The van der Waals surface area contributed by atoms with Crippen molar-refractivity contribution < 1.29 is 28.8 Å². The lowest BCUT2D eigenvalue weighted by Gasteiger charge is -2.36. The van der Waals surface area contributed by atoms with Crippen LogP contribution < -0.4 is 9.96 Å². The van der Waals surface area contributed by atoms with Crippen LogP contribution in [0.5, 0.6) is 0 Å². The number of hydroxylamine groups is 1. The van der Waals surface area contributed by atoms with E-state index in [0.29, 0.717) is 49.5 Å². The number of hydrogen-bond acceptors (Lipinski definition) is 9. The molecule has 0 aromatic heterocycles. The number of esters is 1. The lowest BCUT2D eigenvalue weighted by atomic mass is 9.81. The van der Waals surface area contributed by atoms with Crippen LogP contribution in [0.4, 0.5) is 17.1 Å². The lowest BCUT2D eigenvalue weighted by molar-refractivity contribution is -0.385. The minimum absolute atomic E-state index is 0.0551. The molecule has 10 nitrogen and oxygen atoms in total. The second kappa shape index (κ2) is 10.1. The Balaban J connectivity index is 2.01. The van der Waals surface area contributed by atoms with E-state index in [1.54, 1.807) is 24.3 Å². The van der Waals surface area contributed by atoms with Crippen molar-refractivity contribution in [3.8, 4) is 0 Å². The number of morpholine rings is 1. The first-order chi connectivity index (χ1) is 16.8. The Labute approximate surface area is 202 Å². The number of benzene rings is 2. The van der Waals surface area contributed by atoms with Gasteiger partial charge in [-0.25, -0.2) is 4.79 Å². The van der Waals surface area contributed by atoms with Crippen LogP contribution in [0.2, 0.25) is 0 Å². The summed E-state index contributed by atoms with van der Waals surface area (Å²) in [4.78, 5) is 43.4. The largest absolute Gasteiger partial charge is 0.406 e. The molecule has 2 aliphatic rings. The smallest absolute Gasteiger partial charge is 0.330 e. The highest BCUT2D eigenvalue weighted by atomic mass is 16.7. The van der Waals surface area contributed by atoms with Gasteiger partial charge in [-0.2, -0.15) is 0 Å². The minimum atomic E-state index is -0.643. The second-order valence-corrected chi connectivity index (χ2v) is 8.27. The van der Waals surface area contributed by atoms with Crippen molar-refractivity contribution in [1.29, 1.82) is 0 Å². The van der Waals surface area contributed by atoms with Gasteiger partial charge in [0.05, 0.1) is 29.4 Å². The molecular weight excluding hydrogens is 454 g/mol. The van der Waals surface area contributed by atoms with E-state index in [4.69, 9.17) is 14.3 Å². The van der Waals surface area contributed by atoms with Gasteiger partial charge in [-0.3, -0.25) is 14.9 Å². The van der Waals surface area contributed by atoms with Crippen LogP contribution in [0.25, 0.3) is 5.57 Å². The van der Waals surface area contributed by atoms with Gasteiger partial charge in [-0.15, -0.1) is 5.06 Å². The van der Waals surface area contributed by atoms with E-state index in [1.165, 1.54) is 19.9 Å². The maximum Gasteiger partial charge on any atom is 0.330 e. The molecule has 0 spiro atoms. The summed E-state index contributed by atoms with van der Waals surface area (Å²) in [6, 6.07) is 12.2. The number of fused-ring (bicyclic) bond motifs is 1. The molecule has 0 saturated carbocycles. The highest BCUT2D eigenvalue weighted by molar-refractivity contribution is 5.88. The molecule has 2 aliphatic heterocycles. The Morgan fingerprint density at radius 2 is 1.83 bits per heavy atom. The lowest BCUT2D eigenvalue weighted by Crippen LogP contribution is -2.36. The van der Waals surface area contributed by atoms with Gasteiger partial charge >= 0.3 is 11.9 Å². The SMILES string of the molecule is CCC1C(c2cc(N3CCOCC3)ccc2[N+](=O)[O-])=C(OC(C)=O)N(OC(C)=O)c2ccccc21. The molecular formula is C25H27N3O7.